The van der Waals surface area contributed by atoms with Gasteiger partial charge in [-0.2, -0.15) is 0 Å². The number of hydrogen-bond acceptors (Lipinski definition) is 5. The van der Waals surface area contributed by atoms with Crippen molar-refractivity contribution in [2.45, 2.75) is 19.9 Å². The van der Waals surface area contributed by atoms with Crippen LogP contribution in [-0.4, -0.2) is 17.4 Å². The molecule has 0 aliphatic rings. The predicted molar refractivity (Wildman–Crippen MR) is 90.6 cm³/mol. The molecule has 1 amide bonds. The largest absolute Gasteiger partial charge is 0.382 e. The van der Waals surface area contributed by atoms with Gasteiger partial charge < -0.3 is 16.4 Å². The topological polar surface area (TPSA) is 80.0 Å². The number of thiazole rings is 1. The van der Waals surface area contributed by atoms with Crippen LogP contribution in [-0.2, 0) is 6.54 Å². The van der Waals surface area contributed by atoms with E-state index in [9.17, 15) is 4.79 Å². The third-order valence-corrected chi connectivity index (χ3v) is 4.58. The van der Waals surface area contributed by atoms with Crippen LogP contribution in [0.5, 0.6) is 0 Å². The van der Waals surface area contributed by atoms with E-state index in [1.54, 1.807) is 0 Å². The predicted octanol–water partition coefficient (Wildman–Crippen LogP) is 3.24. The minimum absolute atomic E-state index is 0.203. The molecule has 0 spiro atoms. The molecule has 21 heavy (non-hydrogen) atoms. The fraction of sp³-hybridized carbons (Fsp3) is 0.286. The van der Waals surface area contributed by atoms with E-state index < -0.39 is 0 Å². The van der Waals surface area contributed by atoms with E-state index in [-0.39, 0.29) is 11.7 Å². The minimum Gasteiger partial charge on any atom is -0.382 e. The molecular weight excluding hydrogens is 352 g/mol. The van der Waals surface area contributed by atoms with Crippen LogP contribution < -0.4 is 16.4 Å². The monoisotopic (exact) mass is 368 g/mol. The molecule has 0 aliphatic heterocycles. The van der Waals surface area contributed by atoms with Crippen LogP contribution in [0.1, 0.15) is 28.6 Å². The lowest BCUT2D eigenvalue weighted by molar-refractivity contribution is 0.0955. The van der Waals surface area contributed by atoms with Gasteiger partial charge >= 0.3 is 0 Å². The number of nitrogens with zero attached hydrogens (tertiary/aromatic N) is 1. The lowest BCUT2D eigenvalue weighted by atomic mass is 10.2. The third kappa shape index (κ3) is 4.18. The molecule has 1 heterocycles. The summed E-state index contributed by atoms with van der Waals surface area (Å²) in [7, 11) is 0. The quantitative estimate of drug-likeness (QED) is 0.730. The molecule has 0 fully saturated rings. The number of halogens is 1. The molecule has 0 saturated carbocycles. The molecule has 4 N–H and O–H groups in total. The average Bonchev–Trinajstić information content (AvgIpc) is 2.85. The number of hydrogen-bond donors (Lipinski definition) is 3. The fourth-order valence-corrected chi connectivity index (χ4v) is 2.95. The highest BCUT2D eigenvalue weighted by Crippen LogP contribution is 2.25. The Labute approximate surface area is 136 Å². The number of anilines is 2. The highest BCUT2D eigenvalue weighted by atomic mass is 79.9. The van der Waals surface area contributed by atoms with Gasteiger partial charge in [-0.05, 0) is 18.1 Å². The number of benzene rings is 1. The van der Waals surface area contributed by atoms with E-state index >= 15 is 0 Å². The second kappa shape index (κ2) is 7.42. The van der Waals surface area contributed by atoms with Crippen LogP contribution in [0.2, 0.25) is 0 Å². The van der Waals surface area contributed by atoms with Gasteiger partial charge in [0.25, 0.3) is 5.91 Å². The maximum Gasteiger partial charge on any atom is 0.265 e. The van der Waals surface area contributed by atoms with Crippen molar-refractivity contribution in [3.05, 3.63) is 39.2 Å². The molecule has 112 valence electrons. The van der Waals surface area contributed by atoms with Crippen molar-refractivity contribution < 1.29 is 4.79 Å². The highest BCUT2D eigenvalue weighted by Gasteiger charge is 2.16. The summed E-state index contributed by atoms with van der Waals surface area (Å²) in [6.07, 6.45) is 0.989. The Hall–Kier alpha value is -1.60. The normalized spacial score (nSPS) is 10.4. The Balaban J connectivity index is 2.00. The first-order chi connectivity index (χ1) is 10.1. The Morgan fingerprint density at radius 1 is 1.43 bits per heavy atom. The molecule has 0 unspecified atom stereocenters. The zero-order valence-corrected chi connectivity index (χ0v) is 14.1. The number of aromatic nitrogens is 1. The van der Waals surface area contributed by atoms with Gasteiger partial charge in [0, 0.05) is 17.6 Å². The van der Waals surface area contributed by atoms with Gasteiger partial charge in [0.15, 0.2) is 5.13 Å². The zero-order valence-electron chi connectivity index (χ0n) is 11.6. The first-order valence-corrected chi connectivity index (χ1v) is 8.24. The molecule has 1 aromatic carbocycles. The second-order valence-electron chi connectivity index (χ2n) is 4.43. The zero-order chi connectivity index (χ0) is 15.2. The number of nitrogens with two attached hydrogens (primary N) is 1. The lowest BCUT2D eigenvalue weighted by Gasteiger charge is -2.06. The molecule has 0 bridgehead atoms. The standard InChI is InChI=1S/C14H17BrN4OS/c1-2-7-17-14-19-12(16)11(21-14)13(20)18-8-9-5-3-4-6-10(9)15/h3-6H,2,7-8,16H2,1H3,(H,17,19)(H,18,20). The smallest absolute Gasteiger partial charge is 0.265 e. The van der Waals surface area contributed by atoms with Gasteiger partial charge in [-0.1, -0.05) is 52.4 Å². The van der Waals surface area contributed by atoms with Crippen LogP contribution in [0.4, 0.5) is 10.9 Å². The maximum absolute atomic E-state index is 12.2. The Morgan fingerprint density at radius 3 is 2.90 bits per heavy atom. The van der Waals surface area contributed by atoms with Gasteiger partial charge in [-0.25, -0.2) is 4.98 Å². The number of nitrogens with one attached hydrogen (secondary N) is 2. The van der Waals surface area contributed by atoms with E-state index in [4.69, 9.17) is 5.73 Å². The summed E-state index contributed by atoms with van der Waals surface area (Å²) in [6.45, 7) is 3.32. The Morgan fingerprint density at radius 2 is 2.19 bits per heavy atom. The minimum atomic E-state index is -0.203. The Kier molecular flexibility index (Phi) is 5.58. The number of rotatable bonds is 6. The first-order valence-electron chi connectivity index (χ1n) is 6.63. The maximum atomic E-state index is 12.2. The van der Waals surface area contributed by atoms with Crippen molar-refractivity contribution in [1.29, 1.82) is 0 Å². The van der Waals surface area contributed by atoms with Crippen molar-refractivity contribution in [2.24, 2.45) is 0 Å². The Bertz CT molecular complexity index is 629. The fourth-order valence-electron chi connectivity index (χ4n) is 1.70. The summed E-state index contributed by atoms with van der Waals surface area (Å²) in [5.74, 6) is 0.0635. The molecular formula is C14H17BrN4OS. The summed E-state index contributed by atoms with van der Waals surface area (Å²) < 4.78 is 0.966. The summed E-state index contributed by atoms with van der Waals surface area (Å²) in [5, 5.41) is 6.67. The molecule has 7 heteroatoms. The van der Waals surface area contributed by atoms with Crippen LogP contribution >= 0.6 is 27.3 Å². The van der Waals surface area contributed by atoms with Crippen molar-refractivity contribution in [3.8, 4) is 0 Å². The number of carbonyl (C=O) groups is 1. The summed E-state index contributed by atoms with van der Waals surface area (Å²) in [6, 6.07) is 7.76. The number of nitrogen functional groups attached to an aromatic ring is 1. The summed E-state index contributed by atoms with van der Waals surface area (Å²) in [4.78, 5) is 16.8. The molecule has 0 aliphatic carbocycles. The van der Waals surface area contributed by atoms with Gasteiger partial charge in [-0.15, -0.1) is 0 Å². The molecule has 2 rings (SSSR count). The third-order valence-electron chi connectivity index (χ3n) is 2.78. The van der Waals surface area contributed by atoms with E-state index in [0.29, 0.717) is 16.6 Å². The van der Waals surface area contributed by atoms with Crippen LogP contribution in [0, 0.1) is 0 Å². The first kappa shape index (κ1) is 15.8. The average molecular weight is 369 g/mol. The number of amides is 1. The van der Waals surface area contributed by atoms with Crippen molar-refractivity contribution in [2.75, 3.05) is 17.6 Å². The van der Waals surface area contributed by atoms with E-state index in [1.165, 1.54) is 11.3 Å². The molecule has 0 saturated heterocycles. The number of carbonyl (C=O) groups excluding carboxylic acids is 1. The van der Waals surface area contributed by atoms with Gasteiger partial charge in [-0.3, -0.25) is 4.79 Å². The van der Waals surface area contributed by atoms with Crippen LogP contribution in [0.15, 0.2) is 28.7 Å². The summed E-state index contributed by atoms with van der Waals surface area (Å²) in [5.41, 5.74) is 6.81. The second-order valence-corrected chi connectivity index (χ2v) is 6.29. The van der Waals surface area contributed by atoms with Gasteiger partial charge in [0.05, 0.1) is 0 Å². The molecule has 5 nitrogen and oxygen atoms in total. The summed E-state index contributed by atoms with van der Waals surface area (Å²) >= 11 is 4.73. The van der Waals surface area contributed by atoms with Gasteiger partial charge in [0.1, 0.15) is 10.7 Å². The van der Waals surface area contributed by atoms with Gasteiger partial charge in [0.2, 0.25) is 0 Å². The van der Waals surface area contributed by atoms with E-state index in [2.05, 4.69) is 38.5 Å². The highest BCUT2D eigenvalue weighted by molar-refractivity contribution is 9.10. The molecule has 1 aromatic heterocycles. The van der Waals surface area contributed by atoms with E-state index in [1.807, 2.05) is 24.3 Å². The van der Waals surface area contributed by atoms with Crippen LogP contribution in [0.3, 0.4) is 0 Å². The molecule has 0 atom stereocenters. The lowest BCUT2D eigenvalue weighted by Crippen LogP contribution is -2.22. The van der Waals surface area contributed by atoms with Crippen LogP contribution in [0.25, 0.3) is 0 Å². The van der Waals surface area contributed by atoms with E-state index in [0.717, 1.165) is 23.0 Å². The van der Waals surface area contributed by atoms with Crippen molar-refractivity contribution >= 4 is 44.1 Å². The van der Waals surface area contributed by atoms with Crippen molar-refractivity contribution in [3.63, 3.8) is 0 Å². The molecule has 2 aromatic rings. The SMILES string of the molecule is CCCNc1nc(N)c(C(=O)NCc2ccccc2Br)s1. The van der Waals surface area contributed by atoms with Crippen molar-refractivity contribution in [1.82, 2.24) is 10.3 Å². The molecule has 0 radical (unpaired) electrons.